The molecule has 10 rings (SSSR count). The fourth-order valence-electron chi connectivity index (χ4n) is 7.94. The molecule has 0 fully saturated rings. The van der Waals surface area contributed by atoms with Crippen LogP contribution in [0.5, 0.6) is 0 Å². The normalized spacial score (nSPS) is 10.9. The summed E-state index contributed by atoms with van der Waals surface area (Å²) in [5.74, 6) is 3.61. The van der Waals surface area contributed by atoms with Crippen LogP contribution >= 0.6 is 17.0 Å². The maximum atomic E-state index is 6.19. The molecule has 0 aliphatic carbocycles. The number of furan rings is 2. The van der Waals surface area contributed by atoms with Crippen molar-refractivity contribution in [1.82, 2.24) is 0 Å². The van der Waals surface area contributed by atoms with Crippen molar-refractivity contribution in [2.24, 2.45) is 0 Å². The van der Waals surface area contributed by atoms with Gasteiger partial charge in [-0.1, -0.05) is 155 Å². The third-order valence-corrected chi connectivity index (χ3v) is 31.2. The Balaban J connectivity index is 0.000000151. The first-order chi connectivity index (χ1) is 30.0. The SMILES string of the molecule is C[Si](C)=[Zr]([Cl])[Cl].Cc1cc2[cH-]c(-c3ccc(-c4ccccc4)o3)cc2c(-c2ccccc2)c1C.Cc1cc2[cH-]c(-c3ccc(-c4ccccc4)o3)cc2c(-c2ccccc2)c1C. The van der Waals surface area contributed by atoms with E-state index in [0.717, 1.165) is 45.3 Å². The molecule has 308 valence electrons. The molecule has 0 saturated heterocycles. The molecule has 2 aromatic heterocycles. The molecule has 0 amide bonds. The van der Waals surface area contributed by atoms with Gasteiger partial charge in [0.2, 0.25) is 0 Å². The molecule has 0 bridgehead atoms. The number of fused-ring (bicyclic) bond motifs is 2. The molecule has 2 nitrogen and oxygen atoms in total. The van der Waals surface area contributed by atoms with Crippen LogP contribution in [-0.2, 0) is 18.0 Å². The average molecular weight is 943 g/mol. The van der Waals surface area contributed by atoms with Gasteiger partial charge in [0, 0.05) is 11.1 Å². The van der Waals surface area contributed by atoms with E-state index < -0.39 is 18.0 Å². The first-order valence-corrected chi connectivity index (χ1v) is 33.4. The number of hydrogen-bond donors (Lipinski definition) is 0. The molecule has 0 atom stereocenters. The van der Waals surface area contributed by atoms with E-state index in [9.17, 15) is 0 Å². The standard InChI is InChI=1S/2C27H21O.C2H6Si.2ClH.Zr/c2*1-18-15-22-16-23(26-14-13-25(28-26)20-9-5-3-6-10-20)17-24(22)27(19(18)2)21-11-7-4-8-12-21;1-3-2;;;/h2*3-17H,1-2H3;1-2H3;2*1H;/q2*-1;;;;+2/p-2. The Morgan fingerprint density at radius 2 is 0.726 bits per heavy atom. The number of halogens is 2. The van der Waals surface area contributed by atoms with Gasteiger partial charge in [0.05, 0.1) is 11.5 Å². The van der Waals surface area contributed by atoms with Crippen LogP contribution in [0.25, 0.3) is 89.1 Å². The third-order valence-electron chi connectivity index (χ3n) is 11.5. The van der Waals surface area contributed by atoms with E-state index in [-0.39, 0.29) is 5.43 Å². The van der Waals surface area contributed by atoms with E-state index in [4.69, 9.17) is 25.9 Å². The Bertz CT molecular complexity index is 2910. The number of benzene rings is 6. The van der Waals surface area contributed by atoms with Crippen LogP contribution in [0.4, 0.5) is 0 Å². The Morgan fingerprint density at radius 1 is 0.419 bits per heavy atom. The summed E-state index contributed by atoms with van der Waals surface area (Å²) in [4.78, 5) is 0. The molecule has 0 radical (unpaired) electrons. The molecule has 10 aromatic rings. The second kappa shape index (κ2) is 19.4. The molecule has 2 heterocycles. The van der Waals surface area contributed by atoms with Crippen LogP contribution in [0, 0.1) is 27.7 Å². The predicted molar refractivity (Wildman–Crippen MR) is 264 cm³/mol. The maximum Gasteiger partial charge on any atom is 0.123 e. The van der Waals surface area contributed by atoms with Crippen molar-refractivity contribution in [3.8, 4) is 67.5 Å². The van der Waals surface area contributed by atoms with E-state index in [2.05, 4.69) is 186 Å². The third kappa shape index (κ3) is 9.55. The zero-order chi connectivity index (χ0) is 43.3. The molecular formula is C56H48Cl2O2SiZr-2. The molecule has 0 N–H and O–H groups in total. The quantitative estimate of drug-likeness (QED) is 0.123. The molecule has 0 aliphatic rings. The largest absolute Gasteiger partial charge is 0.491 e. The van der Waals surface area contributed by atoms with Crippen LogP contribution in [-0.4, -0.2) is 5.43 Å². The molecule has 6 heteroatoms. The fraction of sp³-hybridized carbons (Fsp3) is 0.107. The molecule has 62 heavy (non-hydrogen) atoms. The number of rotatable bonds is 6. The van der Waals surface area contributed by atoms with Crippen LogP contribution in [0.3, 0.4) is 0 Å². The Kier molecular flexibility index (Phi) is 13.6. The Labute approximate surface area is 380 Å². The zero-order valence-electron chi connectivity index (χ0n) is 35.9. The van der Waals surface area contributed by atoms with E-state index in [1.165, 1.54) is 66.1 Å². The molecular weight excluding hydrogens is 895 g/mol. The molecule has 0 unspecified atom stereocenters. The fourth-order valence-corrected chi connectivity index (χ4v) is 7.94. The first-order valence-electron chi connectivity index (χ1n) is 20.9. The van der Waals surface area contributed by atoms with E-state index in [1.54, 1.807) is 0 Å². The Hall–Kier alpha value is -5.22. The van der Waals surface area contributed by atoms with Crippen LogP contribution in [0.2, 0.25) is 13.1 Å². The van der Waals surface area contributed by atoms with Gasteiger partial charge in [0.15, 0.2) is 0 Å². The predicted octanol–water partition coefficient (Wildman–Crippen LogP) is 17.7. The number of aryl methyl sites for hydroxylation is 2. The average Bonchev–Trinajstić information content (AvgIpc) is 4.13. The summed E-state index contributed by atoms with van der Waals surface area (Å²) in [6, 6.07) is 63.6. The maximum absolute atomic E-state index is 6.19. The summed E-state index contributed by atoms with van der Waals surface area (Å²) < 4.78 is 12.4. The van der Waals surface area contributed by atoms with Gasteiger partial charge in [-0.3, -0.25) is 0 Å². The Morgan fingerprint density at radius 3 is 1.05 bits per heavy atom. The van der Waals surface area contributed by atoms with Gasteiger partial charge in [0.1, 0.15) is 11.5 Å². The molecule has 0 aliphatic heterocycles. The van der Waals surface area contributed by atoms with Gasteiger partial charge >= 0.3 is 53.5 Å². The summed E-state index contributed by atoms with van der Waals surface area (Å²) in [6.45, 7) is 13.1. The summed E-state index contributed by atoms with van der Waals surface area (Å²) in [6.07, 6.45) is 0. The van der Waals surface area contributed by atoms with E-state index in [1.807, 2.05) is 36.4 Å². The molecule has 8 aromatic carbocycles. The minimum Gasteiger partial charge on any atom is -0.491 e. The summed E-state index contributed by atoms with van der Waals surface area (Å²) in [5.41, 5.74) is 14.7. The minimum atomic E-state index is -1.65. The van der Waals surface area contributed by atoms with Crippen molar-refractivity contribution in [2.75, 3.05) is 0 Å². The van der Waals surface area contributed by atoms with Crippen molar-refractivity contribution in [3.05, 3.63) is 204 Å². The smallest absolute Gasteiger partial charge is 0.123 e. The monoisotopic (exact) mass is 940 g/mol. The van der Waals surface area contributed by atoms with Crippen LogP contribution in [0.1, 0.15) is 22.3 Å². The second-order valence-electron chi connectivity index (χ2n) is 15.9. The summed E-state index contributed by atoms with van der Waals surface area (Å²) in [7, 11) is 11.2. The number of hydrogen-bond acceptors (Lipinski definition) is 2. The van der Waals surface area contributed by atoms with Crippen molar-refractivity contribution in [3.63, 3.8) is 0 Å². The van der Waals surface area contributed by atoms with E-state index in [0.29, 0.717) is 0 Å². The van der Waals surface area contributed by atoms with E-state index >= 15 is 0 Å². The van der Waals surface area contributed by atoms with Gasteiger partial charge in [-0.15, -0.1) is 57.9 Å². The van der Waals surface area contributed by atoms with Crippen LogP contribution in [0.15, 0.2) is 191 Å². The van der Waals surface area contributed by atoms with Gasteiger partial charge in [-0.2, -0.15) is 0 Å². The topological polar surface area (TPSA) is 26.3 Å². The van der Waals surface area contributed by atoms with Crippen molar-refractivity contribution >= 4 is 44.0 Å². The van der Waals surface area contributed by atoms with Gasteiger partial charge < -0.3 is 8.83 Å². The zero-order valence-corrected chi connectivity index (χ0v) is 40.9. The van der Waals surface area contributed by atoms with Crippen molar-refractivity contribution in [1.29, 1.82) is 0 Å². The first kappa shape index (κ1) is 43.4. The second-order valence-corrected chi connectivity index (χ2v) is 38.9. The van der Waals surface area contributed by atoms with Crippen LogP contribution < -0.4 is 0 Å². The molecule has 0 spiro atoms. The summed E-state index contributed by atoms with van der Waals surface area (Å²) in [5, 5.41) is 5.08. The van der Waals surface area contributed by atoms with Gasteiger partial charge in [-0.05, 0) is 74.2 Å². The van der Waals surface area contributed by atoms with Gasteiger partial charge in [0.25, 0.3) is 0 Å². The summed E-state index contributed by atoms with van der Waals surface area (Å²) >= 11 is -1.65. The van der Waals surface area contributed by atoms with Crippen molar-refractivity contribution < 1.29 is 26.8 Å². The van der Waals surface area contributed by atoms with Crippen molar-refractivity contribution in [2.45, 2.75) is 40.8 Å². The molecule has 0 saturated carbocycles. The minimum absolute atomic E-state index is 0.224. The van der Waals surface area contributed by atoms with Gasteiger partial charge in [-0.25, -0.2) is 0 Å².